The lowest BCUT2D eigenvalue weighted by Gasteiger charge is -2.30. The number of para-hydroxylation sites is 1. The van der Waals surface area contributed by atoms with Crippen LogP contribution in [0.3, 0.4) is 0 Å². The van der Waals surface area contributed by atoms with Crippen LogP contribution in [-0.4, -0.2) is 23.9 Å². The van der Waals surface area contributed by atoms with Crippen LogP contribution in [0.15, 0.2) is 29.6 Å². The molecule has 0 bridgehead atoms. The average molecular weight is 385 g/mol. The second-order valence-corrected chi connectivity index (χ2v) is 8.51. The lowest BCUT2D eigenvalue weighted by molar-refractivity contribution is 0.0988. The van der Waals surface area contributed by atoms with Crippen LogP contribution in [0.25, 0.3) is 0 Å². The number of hydrogen-bond donors (Lipinski definition) is 0. The van der Waals surface area contributed by atoms with Crippen LogP contribution in [0, 0.1) is 0 Å². The molecular weight excluding hydrogens is 352 g/mol. The first-order valence-corrected chi connectivity index (χ1v) is 11.4. The van der Waals surface area contributed by atoms with Crippen molar-refractivity contribution in [2.24, 2.45) is 0 Å². The fraction of sp³-hybridized carbons (Fsp3) is 0.565. The van der Waals surface area contributed by atoms with Crippen molar-refractivity contribution in [3.63, 3.8) is 0 Å². The van der Waals surface area contributed by atoms with E-state index in [4.69, 9.17) is 4.98 Å². The highest BCUT2D eigenvalue weighted by Gasteiger charge is 2.20. The van der Waals surface area contributed by atoms with Crippen molar-refractivity contribution in [1.29, 1.82) is 0 Å². The SMILES string of the molecule is CCCC(CCC)c1nc(C(=O)Cc2ccccc2N2CCCCC2)cs1. The standard InChI is InChI=1S/C23H32N2OS/c1-3-10-18(11-4-2)23-24-20(17-27-23)22(26)16-19-12-6-7-13-21(19)25-14-8-5-9-15-25/h6-7,12-13,17-18H,3-5,8-11,14-16H2,1-2H3. The van der Waals surface area contributed by atoms with Crippen LogP contribution in [0.1, 0.15) is 85.8 Å². The molecule has 0 atom stereocenters. The van der Waals surface area contributed by atoms with E-state index in [1.807, 2.05) is 11.4 Å². The van der Waals surface area contributed by atoms with Crippen molar-refractivity contribution in [3.05, 3.63) is 45.9 Å². The molecule has 3 nitrogen and oxygen atoms in total. The lowest BCUT2D eigenvalue weighted by atomic mass is 9.99. The van der Waals surface area contributed by atoms with Crippen LogP contribution in [0.4, 0.5) is 5.69 Å². The minimum atomic E-state index is 0.147. The average Bonchev–Trinajstić information content (AvgIpc) is 3.19. The molecule has 1 aliphatic heterocycles. The minimum absolute atomic E-state index is 0.147. The smallest absolute Gasteiger partial charge is 0.186 e. The third-order valence-corrected chi connectivity index (χ3v) is 6.48. The Balaban J connectivity index is 1.73. The Labute approximate surface area is 167 Å². The van der Waals surface area contributed by atoms with Crippen molar-refractivity contribution >= 4 is 22.8 Å². The summed E-state index contributed by atoms with van der Waals surface area (Å²) in [6.45, 7) is 6.64. The molecule has 1 fully saturated rings. The molecular formula is C23H32N2OS. The molecule has 0 saturated carbocycles. The summed E-state index contributed by atoms with van der Waals surface area (Å²) in [5, 5.41) is 3.12. The van der Waals surface area contributed by atoms with Gasteiger partial charge in [-0.2, -0.15) is 0 Å². The molecule has 0 amide bonds. The van der Waals surface area contributed by atoms with E-state index in [1.54, 1.807) is 11.3 Å². The molecule has 27 heavy (non-hydrogen) atoms. The second-order valence-electron chi connectivity index (χ2n) is 7.62. The molecule has 0 radical (unpaired) electrons. The van der Waals surface area contributed by atoms with E-state index in [0.717, 1.165) is 49.3 Å². The van der Waals surface area contributed by atoms with Crippen LogP contribution in [0.5, 0.6) is 0 Å². The monoisotopic (exact) mass is 384 g/mol. The van der Waals surface area contributed by atoms with Crippen LogP contribution in [0.2, 0.25) is 0 Å². The Morgan fingerprint density at radius 2 is 1.81 bits per heavy atom. The van der Waals surface area contributed by atoms with Gasteiger partial charge in [0.25, 0.3) is 0 Å². The van der Waals surface area contributed by atoms with Crippen molar-refractivity contribution in [3.8, 4) is 0 Å². The van der Waals surface area contributed by atoms with Crippen molar-refractivity contribution in [1.82, 2.24) is 4.98 Å². The van der Waals surface area contributed by atoms with Crippen molar-refractivity contribution in [2.75, 3.05) is 18.0 Å². The second kappa shape index (κ2) is 10.0. The van der Waals surface area contributed by atoms with E-state index in [1.165, 1.54) is 24.9 Å². The van der Waals surface area contributed by atoms with E-state index in [0.29, 0.717) is 18.0 Å². The molecule has 0 N–H and O–H groups in total. The van der Waals surface area contributed by atoms with Crippen LogP contribution >= 0.6 is 11.3 Å². The molecule has 0 unspecified atom stereocenters. The predicted octanol–water partition coefficient (Wildman–Crippen LogP) is 6.24. The highest BCUT2D eigenvalue weighted by atomic mass is 32.1. The Kier molecular flexibility index (Phi) is 7.45. The summed E-state index contributed by atoms with van der Waals surface area (Å²) in [6.07, 6.45) is 8.90. The van der Waals surface area contributed by atoms with Gasteiger partial charge in [0.2, 0.25) is 0 Å². The minimum Gasteiger partial charge on any atom is -0.371 e. The number of benzene rings is 1. The van der Waals surface area contributed by atoms with Crippen molar-refractivity contribution in [2.45, 2.75) is 71.1 Å². The zero-order chi connectivity index (χ0) is 19.1. The van der Waals surface area contributed by atoms with Gasteiger partial charge in [0.15, 0.2) is 5.78 Å². The van der Waals surface area contributed by atoms with Crippen LogP contribution in [-0.2, 0) is 6.42 Å². The number of hydrogen-bond acceptors (Lipinski definition) is 4. The van der Waals surface area contributed by atoms with E-state index < -0.39 is 0 Å². The first kappa shape index (κ1) is 20.1. The molecule has 2 aromatic rings. The predicted molar refractivity (Wildman–Crippen MR) is 115 cm³/mol. The van der Waals surface area contributed by atoms with E-state index in [9.17, 15) is 4.79 Å². The van der Waals surface area contributed by atoms with Gasteiger partial charge in [-0.05, 0) is 43.7 Å². The summed E-state index contributed by atoms with van der Waals surface area (Å²) in [6, 6.07) is 8.39. The zero-order valence-electron chi connectivity index (χ0n) is 16.7. The number of piperidine rings is 1. The number of rotatable bonds is 9. The highest BCUT2D eigenvalue weighted by molar-refractivity contribution is 7.09. The van der Waals surface area contributed by atoms with Gasteiger partial charge in [-0.15, -0.1) is 11.3 Å². The van der Waals surface area contributed by atoms with Gasteiger partial charge in [-0.1, -0.05) is 44.9 Å². The summed E-state index contributed by atoms with van der Waals surface area (Å²) in [4.78, 5) is 20.1. The van der Waals surface area contributed by atoms with Gasteiger partial charge in [0, 0.05) is 36.5 Å². The largest absolute Gasteiger partial charge is 0.371 e. The zero-order valence-corrected chi connectivity index (χ0v) is 17.6. The Morgan fingerprint density at radius 3 is 2.52 bits per heavy atom. The number of thiazole rings is 1. The van der Waals surface area contributed by atoms with E-state index >= 15 is 0 Å². The molecule has 1 aromatic carbocycles. The first-order valence-electron chi connectivity index (χ1n) is 10.5. The van der Waals surface area contributed by atoms with Gasteiger partial charge >= 0.3 is 0 Å². The number of Topliss-reactive ketones (excluding diaryl/α,β-unsaturated/α-hetero) is 1. The molecule has 4 heteroatoms. The van der Waals surface area contributed by atoms with E-state index in [-0.39, 0.29) is 5.78 Å². The lowest BCUT2D eigenvalue weighted by Crippen LogP contribution is -2.30. The number of carbonyl (C=O) groups is 1. The van der Waals surface area contributed by atoms with Gasteiger partial charge in [0.1, 0.15) is 5.69 Å². The molecule has 2 heterocycles. The summed E-state index contributed by atoms with van der Waals surface area (Å²) in [5.41, 5.74) is 3.02. The topological polar surface area (TPSA) is 33.2 Å². The number of nitrogens with zero attached hydrogens (tertiary/aromatic N) is 2. The van der Waals surface area contributed by atoms with Crippen molar-refractivity contribution < 1.29 is 4.79 Å². The van der Waals surface area contributed by atoms with Gasteiger partial charge in [0.05, 0.1) is 5.01 Å². The first-order chi connectivity index (χ1) is 13.2. The van der Waals surface area contributed by atoms with Crippen LogP contribution < -0.4 is 4.90 Å². The maximum Gasteiger partial charge on any atom is 0.186 e. The molecule has 3 rings (SSSR count). The summed E-state index contributed by atoms with van der Waals surface area (Å²) >= 11 is 1.67. The summed E-state index contributed by atoms with van der Waals surface area (Å²) in [7, 11) is 0. The molecule has 1 saturated heterocycles. The highest BCUT2D eigenvalue weighted by Crippen LogP contribution is 2.30. The molecule has 146 valence electrons. The molecule has 1 aromatic heterocycles. The fourth-order valence-corrected chi connectivity index (χ4v) is 5.05. The molecule has 0 aliphatic carbocycles. The number of anilines is 1. The fourth-order valence-electron chi connectivity index (χ4n) is 4.06. The quantitative estimate of drug-likeness (QED) is 0.480. The molecule has 0 spiro atoms. The number of carbonyl (C=O) groups excluding carboxylic acids is 1. The third-order valence-electron chi connectivity index (χ3n) is 5.47. The normalized spacial score (nSPS) is 14.7. The molecule has 1 aliphatic rings. The summed E-state index contributed by atoms with van der Waals surface area (Å²) < 4.78 is 0. The van der Waals surface area contributed by atoms with Gasteiger partial charge < -0.3 is 4.90 Å². The summed E-state index contributed by atoms with van der Waals surface area (Å²) in [5.74, 6) is 0.654. The number of aromatic nitrogens is 1. The maximum absolute atomic E-state index is 12.9. The number of ketones is 1. The van der Waals surface area contributed by atoms with Gasteiger partial charge in [-0.25, -0.2) is 4.98 Å². The Hall–Kier alpha value is -1.68. The maximum atomic E-state index is 12.9. The Morgan fingerprint density at radius 1 is 1.11 bits per heavy atom. The van der Waals surface area contributed by atoms with E-state index in [2.05, 4.69) is 36.9 Å². The Bertz CT molecular complexity index is 727. The third kappa shape index (κ3) is 5.19. The van der Waals surface area contributed by atoms with Gasteiger partial charge in [-0.3, -0.25) is 4.79 Å².